The van der Waals surface area contributed by atoms with Gasteiger partial charge in [-0.1, -0.05) is 18.2 Å². The second kappa shape index (κ2) is 8.05. The van der Waals surface area contributed by atoms with Crippen LogP contribution in [0.1, 0.15) is 5.56 Å². The number of sulfone groups is 1. The first-order chi connectivity index (χ1) is 12.1. The zero-order chi connectivity index (χ0) is 17.7. The lowest BCUT2D eigenvalue weighted by Crippen LogP contribution is -2.47. The Balaban J connectivity index is 1.35. The Morgan fingerprint density at radius 3 is 2.76 bits per heavy atom. The van der Waals surface area contributed by atoms with Gasteiger partial charge in [-0.05, 0) is 11.6 Å². The summed E-state index contributed by atoms with van der Waals surface area (Å²) in [6.45, 7) is 3.46. The summed E-state index contributed by atoms with van der Waals surface area (Å²) in [5, 5.41) is 6.57. The van der Waals surface area contributed by atoms with Crippen molar-refractivity contribution in [2.75, 3.05) is 51.3 Å². The third kappa shape index (κ3) is 5.09. The van der Waals surface area contributed by atoms with E-state index in [2.05, 4.69) is 26.6 Å². The van der Waals surface area contributed by atoms with E-state index in [9.17, 15) is 8.42 Å². The Morgan fingerprint density at radius 2 is 2.04 bits per heavy atom. The average Bonchev–Trinajstić information content (AvgIpc) is 3.02. The summed E-state index contributed by atoms with van der Waals surface area (Å²) in [5.41, 5.74) is 1.25. The van der Waals surface area contributed by atoms with Crippen LogP contribution in [0.3, 0.4) is 0 Å². The van der Waals surface area contributed by atoms with Crippen LogP contribution in [0.5, 0.6) is 5.75 Å². The van der Waals surface area contributed by atoms with Crippen molar-refractivity contribution in [1.29, 1.82) is 0 Å². The Labute approximate surface area is 149 Å². The molecule has 8 heteroatoms. The van der Waals surface area contributed by atoms with Gasteiger partial charge in [0.25, 0.3) is 0 Å². The first-order valence-electron chi connectivity index (χ1n) is 8.67. The number of nitrogens with one attached hydrogen (secondary N) is 2. The highest BCUT2D eigenvalue weighted by molar-refractivity contribution is 7.91. The van der Waals surface area contributed by atoms with Gasteiger partial charge in [0, 0.05) is 39.6 Å². The molecule has 2 N–H and O–H groups in total. The molecule has 1 aromatic rings. The molecule has 1 saturated heterocycles. The molecular formula is C17H26N4O3S. The SMILES string of the molecule is CN=C(NCCN1CCS(=O)(=O)CC1)NCC1Cc2ccccc2O1. The molecule has 1 unspecified atom stereocenters. The van der Waals surface area contributed by atoms with Gasteiger partial charge in [0.2, 0.25) is 0 Å². The lowest BCUT2D eigenvalue weighted by atomic mass is 10.1. The molecule has 25 heavy (non-hydrogen) atoms. The average molecular weight is 366 g/mol. The number of nitrogens with zero attached hydrogens (tertiary/aromatic N) is 2. The van der Waals surface area contributed by atoms with Gasteiger partial charge in [0.1, 0.15) is 11.9 Å². The van der Waals surface area contributed by atoms with E-state index >= 15 is 0 Å². The molecule has 1 aromatic carbocycles. The van der Waals surface area contributed by atoms with Crippen LogP contribution in [-0.4, -0.2) is 76.7 Å². The third-order valence-electron chi connectivity index (χ3n) is 4.59. The largest absolute Gasteiger partial charge is 0.488 e. The fraction of sp³-hybridized carbons (Fsp3) is 0.588. The van der Waals surface area contributed by atoms with Crippen LogP contribution in [0.25, 0.3) is 0 Å². The van der Waals surface area contributed by atoms with Gasteiger partial charge in [0.05, 0.1) is 18.1 Å². The van der Waals surface area contributed by atoms with Gasteiger partial charge in [-0.3, -0.25) is 9.89 Å². The molecule has 0 aromatic heterocycles. The zero-order valence-electron chi connectivity index (χ0n) is 14.6. The highest BCUT2D eigenvalue weighted by atomic mass is 32.2. The van der Waals surface area contributed by atoms with Crippen molar-refractivity contribution < 1.29 is 13.2 Å². The Hall–Kier alpha value is -1.80. The quantitative estimate of drug-likeness (QED) is 0.559. The molecule has 0 saturated carbocycles. The maximum absolute atomic E-state index is 11.4. The molecule has 2 aliphatic rings. The molecule has 0 spiro atoms. The van der Waals surface area contributed by atoms with Gasteiger partial charge in [-0.25, -0.2) is 8.42 Å². The Kier molecular flexibility index (Phi) is 5.80. The number of ether oxygens (including phenoxy) is 1. The zero-order valence-corrected chi connectivity index (χ0v) is 15.4. The van der Waals surface area contributed by atoms with E-state index in [0.717, 1.165) is 31.2 Å². The van der Waals surface area contributed by atoms with Gasteiger partial charge >= 0.3 is 0 Å². The van der Waals surface area contributed by atoms with Crippen molar-refractivity contribution in [3.05, 3.63) is 29.8 Å². The van der Waals surface area contributed by atoms with Crippen LogP contribution >= 0.6 is 0 Å². The predicted octanol–water partition coefficient (Wildman–Crippen LogP) is -0.114. The molecule has 0 radical (unpaired) electrons. The minimum atomic E-state index is -2.81. The molecule has 0 aliphatic carbocycles. The number of para-hydroxylation sites is 1. The minimum absolute atomic E-state index is 0.114. The van der Waals surface area contributed by atoms with Crippen LogP contribution in [0, 0.1) is 0 Å². The van der Waals surface area contributed by atoms with Gasteiger partial charge in [-0.15, -0.1) is 0 Å². The van der Waals surface area contributed by atoms with Crippen LogP contribution in [-0.2, 0) is 16.3 Å². The molecule has 138 valence electrons. The molecule has 0 bridgehead atoms. The van der Waals surface area contributed by atoms with E-state index in [1.54, 1.807) is 7.05 Å². The number of hydrogen-bond acceptors (Lipinski definition) is 5. The number of aliphatic imine (C=N–C) groups is 1. The molecule has 1 fully saturated rings. The van der Waals surface area contributed by atoms with Crippen molar-refractivity contribution in [3.63, 3.8) is 0 Å². The van der Waals surface area contributed by atoms with Crippen molar-refractivity contribution >= 4 is 15.8 Å². The first kappa shape index (κ1) is 18.0. The van der Waals surface area contributed by atoms with E-state index in [1.165, 1.54) is 5.56 Å². The molecular weight excluding hydrogens is 340 g/mol. The van der Waals surface area contributed by atoms with Crippen molar-refractivity contribution in [2.45, 2.75) is 12.5 Å². The number of benzene rings is 1. The summed E-state index contributed by atoms with van der Waals surface area (Å²) in [6.07, 6.45) is 1.02. The van der Waals surface area contributed by atoms with Gasteiger partial charge in [0.15, 0.2) is 15.8 Å². The smallest absolute Gasteiger partial charge is 0.191 e. The summed E-state index contributed by atoms with van der Waals surface area (Å²) in [7, 11) is -1.07. The fourth-order valence-corrected chi connectivity index (χ4v) is 4.38. The van der Waals surface area contributed by atoms with Gasteiger partial charge in [-0.2, -0.15) is 0 Å². The second-order valence-electron chi connectivity index (χ2n) is 6.43. The summed E-state index contributed by atoms with van der Waals surface area (Å²) in [6, 6.07) is 8.12. The van der Waals surface area contributed by atoms with E-state index in [1.807, 2.05) is 18.2 Å². The molecule has 2 aliphatic heterocycles. The number of rotatable bonds is 5. The maximum Gasteiger partial charge on any atom is 0.191 e. The van der Waals surface area contributed by atoms with Crippen LogP contribution in [0.4, 0.5) is 0 Å². The lowest BCUT2D eigenvalue weighted by Gasteiger charge is -2.26. The third-order valence-corrected chi connectivity index (χ3v) is 6.20. The Bertz CT molecular complexity index is 681. The van der Waals surface area contributed by atoms with E-state index < -0.39 is 9.84 Å². The van der Waals surface area contributed by atoms with E-state index in [-0.39, 0.29) is 17.6 Å². The first-order valence-corrected chi connectivity index (χ1v) is 10.5. The molecule has 7 nitrogen and oxygen atoms in total. The molecule has 1 atom stereocenters. The molecule has 3 rings (SSSR count). The maximum atomic E-state index is 11.4. The summed E-state index contributed by atoms with van der Waals surface area (Å²) in [5.74, 6) is 2.24. The molecule has 2 heterocycles. The van der Waals surface area contributed by atoms with E-state index in [0.29, 0.717) is 19.6 Å². The van der Waals surface area contributed by atoms with Crippen molar-refractivity contribution in [2.24, 2.45) is 4.99 Å². The normalized spacial score (nSPS) is 22.9. The lowest BCUT2D eigenvalue weighted by molar-refractivity contribution is 0.234. The second-order valence-corrected chi connectivity index (χ2v) is 8.73. The van der Waals surface area contributed by atoms with Crippen molar-refractivity contribution in [1.82, 2.24) is 15.5 Å². The standard InChI is InChI=1S/C17H26N4O3S/c1-18-17(19-6-7-21-8-10-25(22,23)11-9-21)20-13-15-12-14-4-2-3-5-16(14)24-15/h2-5,15H,6-13H2,1H3,(H2,18,19,20). The topological polar surface area (TPSA) is 83.0 Å². The number of hydrogen-bond donors (Lipinski definition) is 2. The predicted molar refractivity (Wildman–Crippen MR) is 99.0 cm³/mol. The van der Waals surface area contributed by atoms with Crippen molar-refractivity contribution in [3.8, 4) is 5.75 Å². The fourth-order valence-electron chi connectivity index (χ4n) is 3.11. The number of guanidine groups is 1. The van der Waals surface area contributed by atoms with Gasteiger partial charge < -0.3 is 15.4 Å². The van der Waals surface area contributed by atoms with E-state index in [4.69, 9.17) is 4.74 Å². The van der Waals surface area contributed by atoms with Crippen LogP contribution in [0.2, 0.25) is 0 Å². The highest BCUT2D eigenvalue weighted by Crippen LogP contribution is 2.27. The monoisotopic (exact) mass is 366 g/mol. The number of fused-ring (bicyclic) bond motifs is 1. The molecule has 0 amide bonds. The van der Waals surface area contributed by atoms with Crippen LogP contribution < -0.4 is 15.4 Å². The summed E-state index contributed by atoms with van der Waals surface area (Å²) in [4.78, 5) is 6.39. The summed E-state index contributed by atoms with van der Waals surface area (Å²) >= 11 is 0. The highest BCUT2D eigenvalue weighted by Gasteiger charge is 2.23. The summed E-state index contributed by atoms with van der Waals surface area (Å²) < 4.78 is 28.8. The Morgan fingerprint density at radius 1 is 1.28 bits per heavy atom. The minimum Gasteiger partial charge on any atom is -0.488 e. The van der Waals surface area contributed by atoms with Crippen LogP contribution in [0.15, 0.2) is 29.3 Å².